The van der Waals surface area contributed by atoms with Gasteiger partial charge in [0.15, 0.2) is 11.5 Å². The van der Waals surface area contributed by atoms with E-state index >= 15 is 0 Å². The third-order valence-electron chi connectivity index (χ3n) is 5.03. The van der Waals surface area contributed by atoms with Crippen LogP contribution in [0.25, 0.3) is 6.08 Å². The van der Waals surface area contributed by atoms with E-state index in [4.69, 9.17) is 9.47 Å². The zero-order valence-electron chi connectivity index (χ0n) is 18.1. The summed E-state index contributed by atoms with van der Waals surface area (Å²) in [4.78, 5) is 39.3. The molecule has 1 aliphatic rings. The van der Waals surface area contributed by atoms with Crippen LogP contribution in [0.2, 0.25) is 0 Å². The number of thioether (sulfide) groups is 1. The summed E-state index contributed by atoms with van der Waals surface area (Å²) in [6.07, 6.45) is 1.61. The van der Waals surface area contributed by atoms with Gasteiger partial charge >= 0.3 is 5.97 Å². The average molecular weight is 460 g/mol. The highest BCUT2D eigenvalue weighted by molar-refractivity contribution is 8.18. The van der Waals surface area contributed by atoms with Crippen molar-refractivity contribution in [2.75, 3.05) is 7.11 Å². The predicted octanol–water partition coefficient (Wildman–Crippen LogP) is 5.46. The van der Waals surface area contributed by atoms with Gasteiger partial charge in [0, 0.05) is 0 Å². The van der Waals surface area contributed by atoms with E-state index in [9.17, 15) is 14.4 Å². The first-order chi connectivity index (χ1) is 15.9. The summed E-state index contributed by atoms with van der Waals surface area (Å²) in [7, 11) is 1.48. The first-order valence-corrected chi connectivity index (χ1v) is 11.0. The molecule has 4 rings (SSSR count). The summed E-state index contributed by atoms with van der Waals surface area (Å²) in [5.41, 5.74) is 2.92. The first kappa shape index (κ1) is 22.4. The number of amides is 2. The molecule has 0 unspecified atom stereocenters. The van der Waals surface area contributed by atoms with Crippen LogP contribution >= 0.6 is 11.8 Å². The quantitative estimate of drug-likeness (QED) is 0.277. The monoisotopic (exact) mass is 459 g/mol. The number of carbonyl (C=O) groups is 3. The number of esters is 1. The summed E-state index contributed by atoms with van der Waals surface area (Å²) in [6, 6.07) is 21.4. The van der Waals surface area contributed by atoms with Gasteiger partial charge in [0.25, 0.3) is 11.1 Å². The molecule has 0 saturated carbocycles. The van der Waals surface area contributed by atoms with E-state index in [-0.39, 0.29) is 23.4 Å². The van der Waals surface area contributed by atoms with Crippen LogP contribution < -0.4 is 9.47 Å². The average Bonchev–Trinajstić information content (AvgIpc) is 3.07. The Hall–Kier alpha value is -3.84. The Morgan fingerprint density at radius 1 is 0.970 bits per heavy atom. The summed E-state index contributed by atoms with van der Waals surface area (Å²) in [5, 5.41) is -0.324. The minimum Gasteiger partial charge on any atom is -0.493 e. The summed E-state index contributed by atoms with van der Waals surface area (Å²) in [5.74, 6) is -0.276. The Kier molecular flexibility index (Phi) is 6.60. The molecule has 3 aromatic rings. The van der Waals surface area contributed by atoms with Crippen LogP contribution in [0.4, 0.5) is 4.79 Å². The SMILES string of the molecule is COc1ccc(/C=C2\SC(=O)N(Cc3ccccc3)C2=O)cc1OC(=O)c1ccc(C)cc1. The molecule has 7 heteroatoms. The Bertz CT molecular complexity index is 1240. The largest absolute Gasteiger partial charge is 0.493 e. The number of rotatable bonds is 6. The van der Waals surface area contributed by atoms with Gasteiger partial charge in [0.1, 0.15) is 0 Å². The molecular formula is C26H21NO5S. The second kappa shape index (κ2) is 9.75. The zero-order chi connectivity index (χ0) is 23.4. The van der Waals surface area contributed by atoms with Crippen molar-refractivity contribution in [2.24, 2.45) is 0 Å². The minimum absolute atomic E-state index is 0.213. The molecular weight excluding hydrogens is 438 g/mol. The van der Waals surface area contributed by atoms with Crippen LogP contribution in [0.3, 0.4) is 0 Å². The molecule has 3 aromatic carbocycles. The van der Waals surface area contributed by atoms with Crippen molar-refractivity contribution in [1.82, 2.24) is 4.90 Å². The van der Waals surface area contributed by atoms with Gasteiger partial charge in [-0.3, -0.25) is 14.5 Å². The molecule has 6 nitrogen and oxygen atoms in total. The third-order valence-corrected chi connectivity index (χ3v) is 5.94. The van der Waals surface area contributed by atoms with Crippen molar-refractivity contribution in [2.45, 2.75) is 13.5 Å². The molecule has 0 N–H and O–H groups in total. The lowest BCUT2D eigenvalue weighted by atomic mass is 10.1. The Morgan fingerprint density at radius 2 is 1.70 bits per heavy atom. The Morgan fingerprint density at radius 3 is 2.39 bits per heavy atom. The van der Waals surface area contributed by atoms with Crippen molar-refractivity contribution in [1.29, 1.82) is 0 Å². The molecule has 0 aromatic heterocycles. The molecule has 1 heterocycles. The molecule has 1 aliphatic heterocycles. The minimum atomic E-state index is -0.520. The molecule has 2 amide bonds. The number of methoxy groups -OCH3 is 1. The van der Waals surface area contributed by atoms with Gasteiger partial charge in [-0.2, -0.15) is 0 Å². The number of carbonyl (C=O) groups excluding carboxylic acids is 3. The molecule has 0 bridgehead atoms. The molecule has 33 heavy (non-hydrogen) atoms. The predicted molar refractivity (Wildman–Crippen MR) is 127 cm³/mol. The van der Waals surface area contributed by atoms with Crippen LogP contribution in [0.15, 0.2) is 77.7 Å². The van der Waals surface area contributed by atoms with Gasteiger partial charge in [-0.1, -0.05) is 54.1 Å². The van der Waals surface area contributed by atoms with E-state index in [1.807, 2.05) is 49.4 Å². The topological polar surface area (TPSA) is 72.9 Å². The molecule has 0 radical (unpaired) electrons. The smallest absolute Gasteiger partial charge is 0.343 e. The maximum absolute atomic E-state index is 12.8. The van der Waals surface area contributed by atoms with Crippen molar-refractivity contribution < 1.29 is 23.9 Å². The highest BCUT2D eigenvalue weighted by Gasteiger charge is 2.35. The number of hydrogen-bond donors (Lipinski definition) is 0. The normalized spacial score (nSPS) is 14.6. The maximum atomic E-state index is 12.8. The number of hydrogen-bond acceptors (Lipinski definition) is 6. The molecule has 0 atom stereocenters. The standard InChI is InChI=1S/C26H21NO5S/c1-17-8-11-20(12-9-17)25(29)32-22-14-19(10-13-21(22)31-2)15-23-24(28)27(26(30)33-23)16-18-6-4-3-5-7-18/h3-15H,16H2,1-2H3/b23-15-. The highest BCUT2D eigenvalue weighted by atomic mass is 32.2. The molecule has 1 saturated heterocycles. The fraction of sp³-hybridized carbons (Fsp3) is 0.115. The first-order valence-electron chi connectivity index (χ1n) is 10.2. The van der Waals surface area contributed by atoms with E-state index in [0.717, 1.165) is 22.9 Å². The number of nitrogens with zero attached hydrogens (tertiary/aromatic N) is 1. The lowest BCUT2D eigenvalue weighted by Crippen LogP contribution is -2.27. The number of ether oxygens (including phenoxy) is 2. The lowest BCUT2D eigenvalue weighted by molar-refractivity contribution is -0.123. The van der Waals surface area contributed by atoms with Crippen LogP contribution in [0, 0.1) is 6.92 Å². The van der Waals surface area contributed by atoms with Gasteiger partial charge in [0.05, 0.1) is 24.1 Å². The van der Waals surface area contributed by atoms with Crippen LogP contribution in [-0.2, 0) is 11.3 Å². The van der Waals surface area contributed by atoms with E-state index in [1.54, 1.807) is 36.4 Å². The molecule has 0 spiro atoms. The van der Waals surface area contributed by atoms with Crippen LogP contribution in [0.1, 0.15) is 27.0 Å². The molecule has 1 fully saturated rings. The zero-order valence-corrected chi connectivity index (χ0v) is 18.9. The van der Waals surface area contributed by atoms with E-state index in [0.29, 0.717) is 21.8 Å². The van der Waals surface area contributed by atoms with E-state index in [1.165, 1.54) is 12.0 Å². The molecule has 166 valence electrons. The molecule has 0 aliphatic carbocycles. The van der Waals surface area contributed by atoms with Crippen LogP contribution in [0.5, 0.6) is 11.5 Å². The van der Waals surface area contributed by atoms with Gasteiger partial charge in [-0.15, -0.1) is 0 Å². The highest BCUT2D eigenvalue weighted by Crippen LogP contribution is 2.35. The van der Waals surface area contributed by atoms with Crippen molar-refractivity contribution in [3.63, 3.8) is 0 Å². The second-order valence-corrected chi connectivity index (χ2v) is 8.41. The third kappa shape index (κ3) is 5.15. The van der Waals surface area contributed by atoms with Crippen molar-refractivity contribution >= 4 is 35.0 Å². The van der Waals surface area contributed by atoms with Crippen molar-refractivity contribution in [3.05, 3.63) is 100.0 Å². The van der Waals surface area contributed by atoms with E-state index < -0.39 is 5.97 Å². The maximum Gasteiger partial charge on any atom is 0.343 e. The lowest BCUT2D eigenvalue weighted by Gasteiger charge is -2.12. The number of aryl methyl sites for hydroxylation is 1. The van der Waals surface area contributed by atoms with Crippen molar-refractivity contribution in [3.8, 4) is 11.5 Å². The van der Waals surface area contributed by atoms with Crippen LogP contribution in [-0.4, -0.2) is 29.1 Å². The number of benzene rings is 3. The second-order valence-electron chi connectivity index (χ2n) is 7.42. The Balaban J connectivity index is 1.55. The van der Waals surface area contributed by atoms with Gasteiger partial charge in [-0.25, -0.2) is 4.79 Å². The number of imide groups is 1. The van der Waals surface area contributed by atoms with E-state index in [2.05, 4.69) is 0 Å². The fourth-order valence-corrected chi connectivity index (χ4v) is 4.10. The van der Waals surface area contributed by atoms with Gasteiger partial charge in [0.2, 0.25) is 0 Å². The van der Waals surface area contributed by atoms with Gasteiger partial charge in [-0.05, 0) is 60.2 Å². The fourth-order valence-electron chi connectivity index (χ4n) is 3.26. The Labute approximate surface area is 195 Å². The summed E-state index contributed by atoms with van der Waals surface area (Å²) < 4.78 is 10.9. The van der Waals surface area contributed by atoms with Gasteiger partial charge < -0.3 is 9.47 Å². The summed E-state index contributed by atoms with van der Waals surface area (Å²) in [6.45, 7) is 2.15. The summed E-state index contributed by atoms with van der Waals surface area (Å²) >= 11 is 0.883.